The van der Waals surface area contributed by atoms with E-state index in [9.17, 15) is 4.79 Å². The molecule has 0 amide bonds. The van der Waals surface area contributed by atoms with Gasteiger partial charge < -0.3 is 10.4 Å². The average molecular weight is 272 g/mol. The molecule has 6 nitrogen and oxygen atoms in total. The van der Waals surface area contributed by atoms with Crippen LogP contribution in [-0.4, -0.2) is 26.3 Å². The second-order valence-electron chi connectivity index (χ2n) is 3.77. The molecule has 0 spiro atoms. The van der Waals surface area contributed by atoms with E-state index in [-0.39, 0.29) is 5.69 Å². The molecule has 3 rings (SSSR count). The Labute approximate surface area is 111 Å². The molecule has 0 radical (unpaired) electrons. The van der Waals surface area contributed by atoms with E-state index in [2.05, 4.69) is 20.5 Å². The minimum atomic E-state index is -1.09. The first-order valence-corrected chi connectivity index (χ1v) is 6.27. The Morgan fingerprint density at radius 3 is 2.84 bits per heavy atom. The van der Waals surface area contributed by atoms with Crippen molar-refractivity contribution in [2.24, 2.45) is 0 Å². The second-order valence-corrected chi connectivity index (χ2v) is 4.66. The number of fused-ring (bicyclic) bond motifs is 1. The highest BCUT2D eigenvalue weighted by Gasteiger charge is 2.05. The zero-order valence-electron chi connectivity index (χ0n) is 9.57. The number of benzene rings is 1. The van der Waals surface area contributed by atoms with Gasteiger partial charge >= 0.3 is 5.97 Å². The third kappa shape index (κ3) is 2.36. The van der Waals surface area contributed by atoms with Crippen LogP contribution in [-0.2, 0) is 0 Å². The maximum atomic E-state index is 10.7. The van der Waals surface area contributed by atoms with Crippen LogP contribution in [0.15, 0.2) is 35.8 Å². The van der Waals surface area contributed by atoms with Gasteiger partial charge in [-0.2, -0.15) is 0 Å². The van der Waals surface area contributed by atoms with Crippen molar-refractivity contribution in [1.29, 1.82) is 0 Å². The number of carboxylic acids is 1. The molecule has 2 N–H and O–H groups in total. The number of rotatable bonds is 3. The topological polar surface area (TPSA) is 88.0 Å². The molecule has 0 fully saturated rings. The molecule has 7 heteroatoms. The Hall–Kier alpha value is -2.54. The molecule has 2 heterocycles. The number of thiazole rings is 1. The third-order valence-electron chi connectivity index (χ3n) is 2.49. The highest BCUT2D eigenvalue weighted by Crippen LogP contribution is 2.23. The fourth-order valence-electron chi connectivity index (χ4n) is 1.59. The first kappa shape index (κ1) is 11.5. The first-order chi connectivity index (χ1) is 9.22. The monoisotopic (exact) mass is 272 g/mol. The molecular formula is C12H8N4O2S. The summed E-state index contributed by atoms with van der Waals surface area (Å²) in [6, 6.07) is 8.73. The van der Waals surface area contributed by atoms with Crippen LogP contribution >= 0.6 is 11.3 Å². The normalized spacial score (nSPS) is 10.5. The molecule has 3 aromatic rings. The van der Waals surface area contributed by atoms with E-state index in [0.29, 0.717) is 5.82 Å². The molecule has 0 aliphatic rings. The van der Waals surface area contributed by atoms with Gasteiger partial charge in [-0.05, 0) is 30.3 Å². The van der Waals surface area contributed by atoms with Gasteiger partial charge in [0.15, 0.2) is 11.5 Å². The lowest BCUT2D eigenvalue weighted by Crippen LogP contribution is -2.03. The standard InChI is InChI=1S/C12H8N4O2S/c17-12(18)9-3-4-11(16-15-9)14-7-1-2-8-10(5-7)19-6-13-8/h1-6H,(H,14,16)(H,17,18). The summed E-state index contributed by atoms with van der Waals surface area (Å²) in [5.41, 5.74) is 3.51. The molecule has 94 valence electrons. The van der Waals surface area contributed by atoms with Gasteiger partial charge in [0.25, 0.3) is 0 Å². The van der Waals surface area contributed by atoms with Crippen LogP contribution < -0.4 is 5.32 Å². The Morgan fingerprint density at radius 2 is 2.11 bits per heavy atom. The fourth-order valence-corrected chi connectivity index (χ4v) is 2.31. The molecule has 19 heavy (non-hydrogen) atoms. The Kier molecular flexibility index (Phi) is 2.81. The van der Waals surface area contributed by atoms with Gasteiger partial charge in [-0.25, -0.2) is 9.78 Å². The van der Waals surface area contributed by atoms with Crippen LogP contribution in [0.3, 0.4) is 0 Å². The van der Waals surface area contributed by atoms with Crippen molar-refractivity contribution in [3.8, 4) is 0 Å². The summed E-state index contributed by atoms with van der Waals surface area (Å²) in [6.07, 6.45) is 0. The molecular weight excluding hydrogens is 264 g/mol. The smallest absolute Gasteiger partial charge is 0.356 e. The van der Waals surface area contributed by atoms with Crippen LogP contribution in [0.1, 0.15) is 10.5 Å². The van der Waals surface area contributed by atoms with Crippen LogP contribution in [0.2, 0.25) is 0 Å². The van der Waals surface area contributed by atoms with Crippen molar-refractivity contribution in [2.45, 2.75) is 0 Å². The highest BCUT2D eigenvalue weighted by molar-refractivity contribution is 7.16. The minimum Gasteiger partial charge on any atom is -0.476 e. The summed E-state index contributed by atoms with van der Waals surface area (Å²) in [5, 5.41) is 19.2. The van der Waals surface area contributed by atoms with E-state index >= 15 is 0 Å². The number of carbonyl (C=O) groups is 1. The maximum absolute atomic E-state index is 10.7. The van der Waals surface area contributed by atoms with E-state index in [1.165, 1.54) is 6.07 Å². The number of aromatic carboxylic acids is 1. The van der Waals surface area contributed by atoms with Crippen molar-refractivity contribution < 1.29 is 9.90 Å². The maximum Gasteiger partial charge on any atom is 0.356 e. The molecule has 2 aromatic heterocycles. The Bertz CT molecular complexity index is 739. The van der Waals surface area contributed by atoms with Gasteiger partial charge in [0.1, 0.15) is 0 Å². The Balaban J connectivity index is 1.85. The lowest BCUT2D eigenvalue weighted by molar-refractivity contribution is 0.0689. The van der Waals surface area contributed by atoms with Crippen molar-refractivity contribution >= 4 is 39.0 Å². The van der Waals surface area contributed by atoms with Crippen LogP contribution in [0.4, 0.5) is 11.5 Å². The van der Waals surface area contributed by atoms with E-state index in [1.807, 2.05) is 18.2 Å². The summed E-state index contributed by atoms with van der Waals surface area (Å²) in [4.78, 5) is 14.9. The lowest BCUT2D eigenvalue weighted by Gasteiger charge is -2.04. The average Bonchev–Trinajstić information content (AvgIpc) is 2.87. The molecule has 0 aliphatic heterocycles. The largest absolute Gasteiger partial charge is 0.476 e. The lowest BCUT2D eigenvalue weighted by atomic mass is 10.3. The van der Waals surface area contributed by atoms with Gasteiger partial charge in [0.2, 0.25) is 0 Å². The number of hydrogen-bond acceptors (Lipinski definition) is 6. The Morgan fingerprint density at radius 1 is 1.21 bits per heavy atom. The quantitative estimate of drug-likeness (QED) is 0.761. The van der Waals surface area contributed by atoms with Crippen molar-refractivity contribution in [2.75, 3.05) is 5.32 Å². The SMILES string of the molecule is O=C(O)c1ccc(Nc2ccc3ncsc3c2)nn1. The first-order valence-electron chi connectivity index (χ1n) is 5.40. The second kappa shape index (κ2) is 4.62. The van der Waals surface area contributed by atoms with E-state index in [1.54, 1.807) is 22.9 Å². The molecule has 0 atom stereocenters. The van der Waals surface area contributed by atoms with E-state index in [4.69, 9.17) is 5.11 Å². The number of nitrogens with zero attached hydrogens (tertiary/aromatic N) is 3. The van der Waals surface area contributed by atoms with Gasteiger partial charge in [-0.1, -0.05) is 0 Å². The van der Waals surface area contributed by atoms with Gasteiger partial charge in [0, 0.05) is 5.69 Å². The van der Waals surface area contributed by atoms with Crippen LogP contribution in [0, 0.1) is 0 Å². The number of carboxylic acid groups (broad SMARTS) is 1. The van der Waals surface area contributed by atoms with E-state index in [0.717, 1.165) is 15.9 Å². The number of hydrogen-bond donors (Lipinski definition) is 2. The third-order valence-corrected chi connectivity index (χ3v) is 3.28. The number of aromatic nitrogens is 3. The zero-order valence-corrected chi connectivity index (χ0v) is 10.4. The summed E-state index contributed by atoms with van der Waals surface area (Å²) in [5.74, 6) is -0.598. The van der Waals surface area contributed by atoms with Gasteiger partial charge in [-0.15, -0.1) is 21.5 Å². The summed E-state index contributed by atoms with van der Waals surface area (Å²) < 4.78 is 1.07. The molecule has 0 bridgehead atoms. The predicted octanol–water partition coefficient (Wildman–Crippen LogP) is 2.53. The predicted molar refractivity (Wildman–Crippen MR) is 71.9 cm³/mol. The molecule has 1 aromatic carbocycles. The highest BCUT2D eigenvalue weighted by atomic mass is 32.1. The van der Waals surface area contributed by atoms with Gasteiger partial charge in [0.05, 0.1) is 15.7 Å². The molecule has 0 aliphatic carbocycles. The van der Waals surface area contributed by atoms with Gasteiger partial charge in [-0.3, -0.25) is 0 Å². The van der Waals surface area contributed by atoms with Crippen molar-refractivity contribution in [3.05, 3.63) is 41.5 Å². The van der Waals surface area contributed by atoms with Crippen LogP contribution in [0.5, 0.6) is 0 Å². The molecule has 0 unspecified atom stereocenters. The minimum absolute atomic E-state index is 0.0801. The van der Waals surface area contributed by atoms with Crippen molar-refractivity contribution in [1.82, 2.24) is 15.2 Å². The number of anilines is 2. The van der Waals surface area contributed by atoms with E-state index < -0.39 is 5.97 Å². The zero-order chi connectivity index (χ0) is 13.2. The summed E-state index contributed by atoms with van der Waals surface area (Å²) in [6.45, 7) is 0. The molecule has 0 saturated heterocycles. The van der Waals surface area contributed by atoms with Crippen LogP contribution in [0.25, 0.3) is 10.2 Å². The fraction of sp³-hybridized carbons (Fsp3) is 0. The summed E-state index contributed by atoms with van der Waals surface area (Å²) >= 11 is 1.55. The molecule has 0 saturated carbocycles. The van der Waals surface area contributed by atoms with Crippen molar-refractivity contribution in [3.63, 3.8) is 0 Å². The number of nitrogens with one attached hydrogen (secondary N) is 1. The summed E-state index contributed by atoms with van der Waals surface area (Å²) in [7, 11) is 0.